The molecule has 0 aromatic heterocycles. The van der Waals surface area contributed by atoms with Gasteiger partial charge in [0, 0.05) is 37.5 Å². The molecule has 5 rings (SSSR count). The zero-order valence-electron chi connectivity index (χ0n) is 16.6. The molecule has 2 saturated heterocycles. The summed E-state index contributed by atoms with van der Waals surface area (Å²) in [6.45, 7) is 7.01. The molecule has 146 valence electrons. The van der Waals surface area contributed by atoms with Crippen LogP contribution in [0.5, 0.6) is 0 Å². The highest BCUT2D eigenvalue weighted by Gasteiger charge is 2.45. The van der Waals surface area contributed by atoms with Crippen molar-refractivity contribution < 1.29 is 4.79 Å². The molecule has 1 aliphatic carbocycles. The molecule has 3 aliphatic heterocycles. The SMILES string of the molecule is CC(=O)N1Cc2ccccc2C2(CCN(C3CC4CCCNC4C3)CC2)C1. The van der Waals surface area contributed by atoms with Gasteiger partial charge in [-0.15, -0.1) is 0 Å². The molecule has 1 N–H and O–H groups in total. The molecular weight excluding hydrogens is 334 g/mol. The predicted octanol–water partition coefficient (Wildman–Crippen LogP) is 2.91. The van der Waals surface area contributed by atoms with Gasteiger partial charge < -0.3 is 15.1 Å². The molecular formula is C23H33N3O. The van der Waals surface area contributed by atoms with E-state index in [0.717, 1.165) is 31.1 Å². The zero-order valence-corrected chi connectivity index (χ0v) is 16.6. The smallest absolute Gasteiger partial charge is 0.219 e. The summed E-state index contributed by atoms with van der Waals surface area (Å²) in [5.74, 6) is 1.13. The second-order valence-corrected chi connectivity index (χ2v) is 9.44. The van der Waals surface area contributed by atoms with E-state index in [9.17, 15) is 4.79 Å². The first kappa shape index (κ1) is 17.7. The second-order valence-electron chi connectivity index (χ2n) is 9.44. The van der Waals surface area contributed by atoms with E-state index in [2.05, 4.69) is 39.4 Å². The molecule has 1 aromatic carbocycles. The summed E-state index contributed by atoms with van der Waals surface area (Å²) < 4.78 is 0. The highest BCUT2D eigenvalue weighted by Crippen LogP contribution is 2.44. The molecule has 3 heterocycles. The third-order valence-corrected chi connectivity index (χ3v) is 7.99. The fourth-order valence-corrected chi connectivity index (χ4v) is 6.47. The van der Waals surface area contributed by atoms with Crippen LogP contribution in [-0.2, 0) is 16.8 Å². The minimum atomic E-state index is 0.167. The van der Waals surface area contributed by atoms with Crippen molar-refractivity contribution in [3.63, 3.8) is 0 Å². The number of rotatable bonds is 1. The number of hydrogen-bond donors (Lipinski definition) is 1. The van der Waals surface area contributed by atoms with Crippen LogP contribution in [-0.4, -0.2) is 54.0 Å². The normalized spacial score (nSPS) is 32.9. The maximum absolute atomic E-state index is 12.2. The Labute approximate surface area is 163 Å². The minimum absolute atomic E-state index is 0.167. The Hall–Kier alpha value is -1.39. The van der Waals surface area contributed by atoms with E-state index in [1.807, 2.05) is 0 Å². The topological polar surface area (TPSA) is 35.6 Å². The summed E-state index contributed by atoms with van der Waals surface area (Å²) in [4.78, 5) is 17.0. The molecule has 3 fully saturated rings. The number of benzene rings is 1. The van der Waals surface area contributed by atoms with Crippen molar-refractivity contribution in [3.8, 4) is 0 Å². The van der Waals surface area contributed by atoms with Crippen molar-refractivity contribution in [1.29, 1.82) is 0 Å². The summed E-state index contributed by atoms with van der Waals surface area (Å²) in [5.41, 5.74) is 3.05. The van der Waals surface area contributed by atoms with E-state index >= 15 is 0 Å². The molecule has 3 atom stereocenters. The van der Waals surface area contributed by atoms with E-state index in [1.54, 1.807) is 6.92 Å². The predicted molar refractivity (Wildman–Crippen MR) is 108 cm³/mol. The lowest BCUT2D eigenvalue weighted by atomic mass is 9.68. The van der Waals surface area contributed by atoms with E-state index in [4.69, 9.17) is 0 Å². The molecule has 0 bridgehead atoms. The third kappa shape index (κ3) is 3.11. The number of nitrogens with zero attached hydrogens (tertiary/aromatic N) is 2. The second kappa shape index (κ2) is 6.89. The summed E-state index contributed by atoms with van der Waals surface area (Å²) in [7, 11) is 0. The van der Waals surface area contributed by atoms with E-state index < -0.39 is 0 Å². The first-order valence-corrected chi connectivity index (χ1v) is 11.0. The van der Waals surface area contributed by atoms with Crippen LogP contribution in [0.15, 0.2) is 24.3 Å². The Morgan fingerprint density at radius 2 is 2.00 bits per heavy atom. The lowest BCUT2D eigenvalue weighted by Gasteiger charge is -2.49. The van der Waals surface area contributed by atoms with Gasteiger partial charge in [0.25, 0.3) is 0 Å². The molecule has 3 unspecified atom stereocenters. The van der Waals surface area contributed by atoms with Crippen LogP contribution >= 0.6 is 0 Å². The van der Waals surface area contributed by atoms with Gasteiger partial charge in [0.2, 0.25) is 5.91 Å². The molecule has 1 amide bonds. The summed E-state index contributed by atoms with van der Waals surface area (Å²) >= 11 is 0. The molecule has 4 aliphatic rings. The lowest BCUT2D eigenvalue weighted by molar-refractivity contribution is -0.131. The number of fused-ring (bicyclic) bond motifs is 3. The first-order valence-electron chi connectivity index (χ1n) is 11.0. The van der Waals surface area contributed by atoms with Crippen LogP contribution in [0.3, 0.4) is 0 Å². The minimum Gasteiger partial charge on any atom is -0.338 e. The van der Waals surface area contributed by atoms with Gasteiger partial charge in [0.1, 0.15) is 0 Å². The number of hydrogen-bond acceptors (Lipinski definition) is 3. The van der Waals surface area contributed by atoms with Gasteiger partial charge >= 0.3 is 0 Å². The number of amides is 1. The van der Waals surface area contributed by atoms with Crippen LogP contribution in [0.1, 0.15) is 56.6 Å². The van der Waals surface area contributed by atoms with Crippen molar-refractivity contribution in [2.24, 2.45) is 5.92 Å². The summed E-state index contributed by atoms with van der Waals surface area (Å²) in [6, 6.07) is 10.4. The van der Waals surface area contributed by atoms with Crippen molar-refractivity contribution in [2.45, 2.75) is 69.5 Å². The van der Waals surface area contributed by atoms with E-state index in [1.165, 1.54) is 69.3 Å². The Balaban J connectivity index is 1.32. The van der Waals surface area contributed by atoms with Crippen molar-refractivity contribution in [1.82, 2.24) is 15.1 Å². The van der Waals surface area contributed by atoms with Gasteiger partial charge in [0.15, 0.2) is 0 Å². The Kier molecular flexibility index (Phi) is 4.52. The van der Waals surface area contributed by atoms with Crippen LogP contribution < -0.4 is 5.32 Å². The number of piperidine rings is 2. The summed E-state index contributed by atoms with van der Waals surface area (Å²) in [6.07, 6.45) is 7.89. The Morgan fingerprint density at radius 1 is 1.19 bits per heavy atom. The molecule has 27 heavy (non-hydrogen) atoms. The fourth-order valence-electron chi connectivity index (χ4n) is 6.47. The highest BCUT2D eigenvalue weighted by molar-refractivity contribution is 5.74. The van der Waals surface area contributed by atoms with Crippen molar-refractivity contribution in [3.05, 3.63) is 35.4 Å². The van der Waals surface area contributed by atoms with Crippen molar-refractivity contribution >= 4 is 5.91 Å². The zero-order chi connectivity index (χ0) is 18.4. The lowest BCUT2D eigenvalue weighted by Crippen LogP contribution is -2.54. The van der Waals surface area contributed by atoms with Crippen LogP contribution in [0.25, 0.3) is 0 Å². The maximum atomic E-state index is 12.2. The van der Waals surface area contributed by atoms with Crippen LogP contribution in [0.2, 0.25) is 0 Å². The van der Waals surface area contributed by atoms with Gasteiger partial charge in [-0.1, -0.05) is 24.3 Å². The molecule has 1 spiro atoms. The van der Waals surface area contributed by atoms with Gasteiger partial charge in [-0.2, -0.15) is 0 Å². The Bertz CT molecular complexity index is 695. The van der Waals surface area contributed by atoms with Gasteiger partial charge in [-0.25, -0.2) is 0 Å². The highest BCUT2D eigenvalue weighted by atomic mass is 16.2. The average molecular weight is 368 g/mol. The van der Waals surface area contributed by atoms with Gasteiger partial charge in [0.05, 0.1) is 0 Å². The molecule has 4 nitrogen and oxygen atoms in total. The standard InChI is InChI=1S/C23H33N3O/c1-17(27)26-15-19-5-2-3-7-21(19)23(16-26)8-11-25(12-9-23)20-13-18-6-4-10-24-22(18)14-20/h2-3,5,7,18,20,22,24H,4,6,8-16H2,1H3. The fraction of sp³-hybridized carbons (Fsp3) is 0.696. The molecule has 4 heteroatoms. The number of carbonyl (C=O) groups excluding carboxylic acids is 1. The number of likely N-dealkylation sites (tertiary alicyclic amines) is 1. The van der Waals surface area contributed by atoms with Gasteiger partial charge in [-0.3, -0.25) is 4.79 Å². The number of carbonyl (C=O) groups is 1. The maximum Gasteiger partial charge on any atom is 0.219 e. The molecule has 1 aromatic rings. The van der Waals surface area contributed by atoms with E-state index in [-0.39, 0.29) is 11.3 Å². The third-order valence-electron chi connectivity index (χ3n) is 7.99. The molecule has 1 saturated carbocycles. The largest absolute Gasteiger partial charge is 0.338 e. The Morgan fingerprint density at radius 3 is 2.78 bits per heavy atom. The molecule has 0 radical (unpaired) electrons. The monoisotopic (exact) mass is 367 g/mol. The van der Waals surface area contributed by atoms with E-state index in [0.29, 0.717) is 0 Å². The van der Waals surface area contributed by atoms with Gasteiger partial charge in [-0.05, 0) is 75.2 Å². The van der Waals surface area contributed by atoms with Crippen molar-refractivity contribution in [2.75, 3.05) is 26.2 Å². The number of nitrogens with one attached hydrogen (secondary N) is 1. The van der Waals surface area contributed by atoms with Crippen LogP contribution in [0, 0.1) is 5.92 Å². The average Bonchev–Trinajstić information content (AvgIpc) is 3.13. The quantitative estimate of drug-likeness (QED) is 0.829. The van der Waals surface area contributed by atoms with Crippen LogP contribution in [0.4, 0.5) is 0 Å². The summed E-state index contributed by atoms with van der Waals surface area (Å²) in [5, 5.41) is 3.77. The first-order chi connectivity index (χ1) is 13.1.